The maximum atomic E-state index is 10.9. The lowest BCUT2D eigenvalue weighted by molar-refractivity contribution is 0.261. The molecule has 0 atom stereocenters. The second kappa shape index (κ2) is 12.4. The SMILES string of the molecule is O=S(=O)(O)OCCN(CCOS(=O)(=O)O)c1ccc(-c2cc(-c3ccccn3)nc(-c3ccccn3)c2)cc1. The van der Waals surface area contributed by atoms with Crippen molar-refractivity contribution in [1.29, 1.82) is 0 Å². The van der Waals surface area contributed by atoms with Gasteiger partial charge < -0.3 is 4.90 Å². The van der Waals surface area contributed by atoms with Gasteiger partial charge in [-0.25, -0.2) is 13.4 Å². The van der Waals surface area contributed by atoms with E-state index in [1.807, 2.05) is 60.7 Å². The first-order valence-electron chi connectivity index (χ1n) is 11.5. The highest BCUT2D eigenvalue weighted by Gasteiger charge is 2.14. The molecule has 4 rings (SSSR count). The molecule has 3 aromatic heterocycles. The lowest BCUT2D eigenvalue weighted by Crippen LogP contribution is -2.32. The molecule has 0 saturated carbocycles. The van der Waals surface area contributed by atoms with E-state index in [0.717, 1.165) is 11.1 Å². The van der Waals surface area contributed by atoms with E-state index >= 15 is 0 Å². The second-order valence-corrected chi connectivity index (χ2v) is 10.3. The van der Waals surface area contributed by atoms with Crippen LogP contribution < -0.4 is 4.90 Å². The van der Waals surface area contributed by atoms with Crippen molar-refractivity contribution in [2.45, 2.75) is 0 Å². The minimum Gasteiger partial charge on any atom is -0.367 e. The average Bonchev–Trinajstić information content (AvgIpc) is 2.92. The number of aromatic nitrogens is 3. The van der Waals surface area contributed by atoms with Crippen LogP contribution in [-0.2, 0) is 29.2 Å². The Morgan fingerprint density at radius 3 is 1.54 bits per heavy atom. The van der Waals surface area contributed by atoms with Gasteiger partial charge in [-0.1, -0.05) is 24.3 Å². The summed E-state index contributed by atoms with van der Waals surface area (Å²) in [6.45, 7) is -0.872. The van der Waals surface area contributed by atoms with E-state index in [9.17, 15) is 16.8 Å². The minimum atomic E-state index is -4.65. The summed E-state index contributed by atoms with van der Waals surface area (Å²) in [5.74, 6) is 0. The zero-order chi connectivity index (χ0) is 27.9. The molecular formula is C25H24N4O8S2. The number of hydrogen-bond acceptors (Lipinski definition) is 10. The first kappa shape index (κ1) is 28.2. The predicted octanol–water partition coefficient (Wildman–Crippen LogP) is 3.32. The topological polar surface area (TPSA) is 169 Å². The second-order valence-electron chi connectivity index (χ2n) is 8.09. The quantitative estimate of drug-likeness (QED) is 0.238. The number of rotatable bonds is 12. The van der Waals surface area contributed by atoms with Gasteiger partial charge in [-0.3, -0.25) is 19.1 Å². The number of anilines is 1. The van der Waals surface area contributed by atoms with Crippen molar-refractivity contribution >= 4 is 26.5 Å². The summed E-state index contributed by atoms with van der Waals surface area (Å²) in [7, 11) is -9.30. The van der Waals surface area contributed by atoms with Crippen molar-refractivity contribution in [1.82, 2.24) is 15.0 Å². The largest absolute Gasteiger partial charge is 0.397 e. The van der Waals surface area contributed by atoms with Crippen molar-refractivity contribution in [2.24, 2.45) is 0 Å². The van der Waals surface area contributed by atoms with Gasteiger partial charge in [-0.05, 0) is 59.7 Å². The summed E-state index contributed by atoms with van der Waals surface area (Å²) in [6, 6.07) is 22.1. The minimum absolute atomic E-state index is 0.0309. The van der Waals surface area contributed by atoms with Gasteiger partial charge in [0.1, 0.15) is 0 Å². The van der Waals surface area contributed by atoms with E-state index in [0.29, 0.717) is 28.5 Å². The van der Waals surface area contributed by atoms with Crippen LogP contribution in [0.2, 0.25) is 0 Å². The highest BCUT2D eigenvalue weighted by Crippen LogP contribution is 2.30. The fraction of sp³-hybridized carbons (Fsp3) is 0.160. The Morgan fingerprint density at radius 2 is 1.13 bits per heavy atom. The maximum absolute atomic E-state index is 10.9. The van der Waals surface area contributed by atoms with E-state index < -0.39 is 34.0 Å². The van der Waals surface area contributed by atoms with Crippen LogP contribution in [0, 0.1) is 0 Å². The zero-order valence-corrected chi connectivity index (χ0v) is 22.0. The summed E-state index contributed by atoms with van der Waals surface area (Å²) >= 11 is 0. The summed E-state index contributed by atoms with van der Waals surface area (Å²) in [5, 5.41) is 0. The van der Waals surface area contributed by atoms with Crippen LogP contribution >= 0.6 is 0 Å². The molecule has 0 spiro atoms. The molecule has 0 aliphatic carbocycles. The van der Waals surface area contributed by atoms with Gasteiger partial charge in [-0.2, -0.15) is 16.8 Å². The zero-order valence-electron chi connectivity index (χ0n) is 20.4. The van der Waals surface area contributed by atoms with E-state index in [4.69, 9.17) is 14.1 Å². The Morgan fingerprint density at radius 1 is 0.641 bits per heavy atom. The fourth-order valence-electron chi connectivity index (χ4n) is 3.73. The normalized spacial score (nSPS) is 11.8. The molecule has 0 fully saturated rings. The maximum Gasteiger partial charge on any atom is 0.397 e. The molecule has 3 heterocycles. The van der Waals surface area contributed by atoms with Gasteiger partial charge in [-0.15, -0.1) is 0 Å². The molecule has 0 saturated heterocycles. The van der Waals surface area contributed by atoms with Crippen LogP contribution in [0.5, 0.6) is 0 Å². The molecule has 0 aliphatic heterocycles. The summed E-state index contributed by atoms with van der Waals surface area (Å²) < 4.78 is 70.1. The molecule has 2 N–H and O–H groups in total. The Balaban J connectivity index is 1.64. The first-order chi connectivity index (χ1) is 18.6. The monoisotopic (exact) mass is 572 g/mol. The van der Waals surface area contributed by atoms with Crippen molar-refractivity contribution in [3.05, 3.63) is 85.2 Å². The molecule has 14 heteroatoms. The van der Waals surface area contributed by atoms with Crippen LogP contribution in [0.4, 0.5) is 5.69 Å². The number of nitrogens with zero attached hydrogens (tertiary/aromatic N) is 4. The van der Waals surface area contributed by atoms with Crippen LogP contribution in [0.15, 0.2) is 85.2 Å². The van der Waals surface area contributed by atoms with E-state index in [1.54, 1.807) is 29.4 Å². The Kier molecular flexibility index (Phi) is 8.96. The molecule has 204 valence electrons. The molecular weight excluding hydrogens is 548 g/mol. The van der Waals surface area contributed by atoms with Crippen LogP contribution in [0.1, 0.15) is 0 Å². The van der Waals surface area contributed by atoms with Gasteiger partial charge in [0.2, 0.25) is 0 Å². The van der Waals surface area contributed by atoms with Crippen molar-refractivity contribution in [3.63, 3.8) is 0 Å². The highest BCUT2D eigenvalue weighted by molar-refractivity contribution is 7.81. The third-order valence-electron chi connectivity index (χ3n) is 5.43. The Labute approximate surface area is 225 Å². The van der Waals surface area contributed by atoms with Crippen molar-refractivity contribution in [3.8, 4) is 33.9 Å². The summed E-state index contributed by atoms with van der Waals surface area (Å²) in [4.78, 5) is 15.2. The molecule has 0 unspecified atom stereocenters. The molecule has 0 amide bonds. The van der Waals surface area contributed by atoms with Crippen LogP contribution in [0.25, 0.3) is 33.9 Å². The Hall–Kier alpha value is -3.79. The van der Waals surface area contributed by atoms with Crippen molar-refractivity contribution in [2.75, 3.05) is 31.2 Å². The first-order valence-corrected chi connectivity index (χ1v) is 14.2. The van der Waals surface area contributed by atoms with Gasteiger partial charge in [0.15, 0.2) is 0 Å². The predicted molar refractivity (Wildman–Crippen MR) is 143 cm³/mol. The number of hydrogen-bond donors (Lipinski definition) is 2. The molecule has 0 aliphatic rings. The number of benzene rings is 1. The van der Waals surface area contributed by atoms with Gasteiger partial charge in [0.05, 0.1) is 36.0 Å². The average molecular weight is 573 g/mol. The lowest BCUT2D eigenvalue weighted by Gasteiger charge is -2.24. The number of pyridine rings is 3. The van der Waals surface area contributed by atoms with Crippen LogP contribution in [0.3, 0.4) is 0 Å². The van der Waals surface area contributed by atoms with Gasteiger partial charge in [0, 0.05) is 31.2 Å². The molecule has 0 bridgehead atoms. The van der Waals surface area contributed by atoms with Crippen LogP contribution in [-0.4, -0.2) is 67.2 Å². The van der Waals surface area contributed by atoms with E-state index in [-0.39, 0.29) is 13.1 Å². The van der Waals surface area contributed by atoms with Gasteiger partial charge in [0.25, 0.3) is 0 Å². The molecule has 12 nitrogen and oxygen atoms in total. The fourth-order valence-corrected chi connectivity index (χ4v) is 4.30. The summed E-state index contributed by atoms with van der Waals surface area (Å²) in [5.41, 5.74) is 4.95. The highest BCUT2D eigenvalue weighted by atomic mass is 32.3. The smallest absolute Gasteiger partial charge is 0.367 e. The van der Waals surface area contributed by atoms with Gasteiger partial charge >= 0.3 is 20.8 Å². The van der Waals surface area contributed by atoms with E-state index in [2.05, 4.69) is 18.3 Å². The standard InChI is InChI=1S/C25H24N4O8S2/c30-38(31,32)36-15-13-29(14-16-37-39(33,34)35)21-9-7-19(8-10-21)20-17-24(22-5-1-3-11-26-22)28-25(18-20)23-6-2-4-12-27-23/h1-12,17-18H,13-16H2,(H,30,31,32)(H,33,34,35). The molecule has 1 aromatic carbocycles. The molecule has 39 heavy (non-hydrogen) atoms. The molecule has 4 aromatic rings. The lowest BCUT2D eigenvalue weighted by atomic mass is 10.0. The molecule has 0 radical (unpaired) electrons. The van der Waals surface area contributed by atoms with Crippen molar-refractivity contribution < 1.29 is 34.3 Å². The third-order valence-corrected chi connectivity index (χ3v) is 6.36. The third kappa shape index (κ3) is 8.61. The Bertz CT molecular complexity index is 1510. The summed E-state index contributed by atoms with van der Waals surface area (Å²) in [6.07, 6.45) is 3.37. The van der Waals surface area contributed by atoms with E-state index in [1.165, 1.54) is 0 Å².